The third-order valence-corrected chi connectivity index (χ3v) is 3.83. The van der Waals surface area contributed by atoms with Crippen LogP contribution in [0, 0.1) is 21.4 Å². The molecule has 2 aromatic carbocycles. The minimum absolute atomic E-state index is 0.102. The van der Waals surface area contributed by atoms with Crippen molar-refractivity contribution in [3.8, 4) is 17.6 Å². The highest BCUT2D eigenvalue weighted by molar-refractivity contribution is 6.10. The van der Waals surface area contributed by atoms with E-state index in [0.717, 1.165) is 24.3 Å². The predicted molar refractivity (Wildman–Crippen MR) is 92.9 cm³/mol. The summed E-state index contributed by atoms with van der Waals surface area (Å²) >= 11 is 0. The monoisotopic (exact) mass is 405 g/mol. The van der Waals surface area contributed by atoms with E-state index in [1.807, 2.05) is 0 Å². The zero-order chi connectivity index (χ0) is 21.2. The van der Waals surface area contributed by atoms with Gasteiger partial charge in [0.25, 0.3) is 11.6 Å². The molecule has 29 heavy (non-hydrogen) atoms. The number of halogens is 3. The zero-order valence-electron chi connectivity index (χ0n) is 14.3. The van der Waals surface area contributed by atoms with Gasteiger partial charge in [0.05, 0.1) is 22.1 Å². The van der Waals surface area contributed by atoms with Gasteiger partial charge in [0.15, 0.2) is 11.5 Å². The quantitative estimate of drug-likeness (QED) is 0.357. The fourth-order valence-electron chi connectivity index (χ4n) is 2.50. The Labute approximate surface area is 160 Å². The minimum Gasteiger partial charge on any atom is -0.454 e. The van der Waals surface area contributed by atoms with Gasteiger partial charge in [0.2, 0.25) is 6.79 Å². The third kappa shape index (κ3) is 4.27. The average molecular weight is 405 g/mol. The molecule has 1 aliphatic heterocycles. The van der Waals surface area contributed by atoms with Crippen molar-refractivity contribution in [3.63, 3.8) is 0 Å². The number of nitriles is 1. The molecule has 0 aliphatic carbocycles. The van der Waals surface area contributed by atoms with Crippen LogP contribution in [0.4, 0.5) is 24.5 Å². The summed E-state index contributed by atoms with van der Waals surface area (Å²) in [7, 11) is 0. The van der Waals surface area contributed by atoms with E-state index < -0.39 is 33.8 Å². The van der Waals surface area contributed by atoms with Gasteiger partial charge in [-0.25, -0.2) is 0 Å². The molecular formula is C18H10F3N3O5. The van der Waals surface area contributed by atoms with Gasteiger partial charge in [-0.2, -0.15) is 18.4 Å². The predicted octanol–water partition coefficient (Wildman–Crippen LogP) is 3.89. The molecule has 148 valence electrons. The van der Waals surface area contributed by atoms with Crippen molar-refractivity contribution in [2.45, 2.75) is 6.18 Å². The molecular weight excluding hydrogens is 395 g/mol. The Morgan fingerprint density at radius 3 is 2.55 bits per heavy atom. The van der Waals surface area contributed by atoms with Gasteiger partial charge in [-0.15, -0.1) is 0 Å². The van der Waals surface area contributed by atoms with E-state index in [-0.39, 0.29) is 29.5 Å². The largest absolute Gasteiger partial charge is 0.454 e. The highest BCUT2D eigenvalue weighted by Crippen LogP contribution is 2.38. The smallest absolute Gasteiger partial charge is 0.416 e. The molecule has 0 spiro atoms. The van der Waals surface area contributed by atoms with Gasteiger partial charge in [0.1, 0.15) is 11.6 Å². The molecule has 0 aromatic heterocycles. The molecule has 0 fully saturated rings. The Kier molecular flexibility index (Phi) is 5.10. The van der Waals surface area contributed by atoms with Crippen LogP contribution in [0.15, 0.2) is 42.0 Å². The number of anilines is 1. The zero-order valence-corrected chi connectivity index (χ0v) is 14.3. The summed E-state index contributed by atoms with van der Waals surface area (Å²) in [6.45, 7) is -0.138. The van der Waals surface area contributed by atoms with E-state index in [9.17, 15) is 33.3 Å². The maximum absolute atomic E-state index is 12.8. The van der Waals surface area contributed by atoms with Gasteiger partial charge in [-0.1, -0.05) is 6.07 Å². The maximum atomic E-state index is 12.8. The number of carbonyl (C=O) groups is 1. The molecule has 0 bridgehead atoms. The highest BCUT2D eigenvalue weighted by atomic mass is 19.4. The number of fused-ring (bicyclic) bond motifs is 1. The van der Waals surface area contributed by atoms with Crippen molar-refractivity contribution in [2.24, 2.45) is 0 Å². The van der Waals surface area contributed by atoms with Gasteiger partial charge in [-0.3, -0.25) is 14.9 Å². The van der Waals surface area contributed by atoms with Crippen LogP contribution in [0.25, 0.3) is 6.08 Å². The lowest BCUT2D eigenvalue weighted by Gasteiger charge is -2.09. The van der Waals surface area contributed by atoms with Crippen molar-refractivity contribution < 1.29 is 32.4 Å². The lowest BCUT2D eigenvalue weighted by Crippen LogP contribution is -2.14. The second-order valence-corrected chi connectivity index (χ2v) is 5.72. The van der Waals surface area contributed by atoms with E-state index in [0.29, 0.717) is 6.07 Å². The Hall–Kier alpha value is -4.07. The minimum atomic E-state index is -4.61. The van der Waals surface area contributed by atoms with Gasteiger partial charge in [-0.05, 0) is 30.3 Å². The number of nitrogens with zero attached hydrogens (tertiary/aromatic N) is 2. The molecule has 1 aliphatic rings. The molecule has 3 rings (SSSR count). The summed E-state index contributed by atoms with van der Waals surface area (Å²) in [5.74, 6) is -0.697. The third-order valence-electron chi connectivity index (χ3n) is 3.83. The average Bonchev–Trinajstić information content (AvgIpc) is 3.12. The number of nitrogens with one attached hydrogen (secondary N) is 1. The van der Waals surface area contributed by atoms with E-state index in [2.05, 4.69) is 5.32 Å². The van der Waals surface area contributed by atoms with Crippen molar-refractivity contribution in [1.82, 2.24) is 0 Å². The van der Waals surface area contributed by atoms with E-state index in [4.69, 9.17) is 9.47 Å². The molecule has 2 aromatic rings. The number of nitro benzene ring substituents is 1. The van der Waals surface area contributed by atoms with Crippen molar-refractivity contribution >= 4 is 23.4 Å². The Bertz CT molecular complexity index is 1070. The van der Waals surface area contributed by atoms with Crippen LogP contribution in [-0.4, -0.2) is 17.6 Å². The first-order valence-electron chi connectivity index (χ1n) is 7.87. The summed E-state index contributed by atoms with van der Waals surface area (Å²) in [5.41, 5.74) is -2.26. The molecule has 1 heterocycles. The molecule has 1 N–H and O–H groups in total. The SMILES string of the molecule is N#C/C(=C\c1cc2c(cc1[N+](=O)[O-])OCO2)C(=O)Nc1cccc(C(F)(F)F)c1. The number of hydrogen-bond acceptors (Lipinski definition) is 6. The number of ether oxygens (including phenoxy) is 2. The number of rotatable bonds is 4. The summed E-state index contributed by atoms with van der Waals surface area (Å²) in [6.07, 6.45) is -3.66. The van der Waals surface area contributed by atoms with E-state index in [1.165, 1.54) is 12.1 Å². The second-order valence-electron chi connectivity index (χ2n) is 5.72. The number of alkyl halides is 3. The number of nitro groups is 1. The maximum Gasteiger partial charge on any atom is 0.416 e. The van der Waals surface area contributed by atoms with Crippen LogP contribution in [0.1, 0.15) is 11.1 Å². The molecule has 8 nitrogen and oxygen atoms in total. The van der Waals surface area contributed by atoms with Crippen LogP contribution in [-0.2, 0) is 11.0 Å². The Morgan fingerprint density at radius 1 is 1.24 bits per heavy atom. The summed E-state index contributed by atoms with van der Waals surface area (Å²) in [5, 5.41) is 22.7. The lowest BCUT2D eigenvalue weighted by atomic mass is 10.1. The molecule has 0 saturated carbocycles. The number of amides is 1. The molecule has 0 atom stereocenters. The van der Waals surface area contributed by atoms with E-state index in [1.54, 1.807) is 6.07 Å². The fourth-order valence-corrected chi connectivity index (χ4v) is 2.50. The summed E-state index contributed by atoms with van der Waals surface area (Å²) in [4.78, 5) is 22.9. The van der Waals surface area contributed by atoms with Gasteiger partial charge >= 0.3 is 6.18 Å². The summed E-state index contributed by atoms with van der Waals surface area (Å²) < 4.78 is 48.5. The number of hydrogen-bond donors (Lipinski definition) is 1. The Balaban J connectivity index is 1.92. The highest BCUT2D eigenvalue weighted by Gasteiger charge is 2.30. The number of benzene rings is 2. The van der Waals surface area contributed by atoms with Crippen LogP contribution < -0.4 is 14.8 Å². The lowest BCUT2D eigenvalue weighted by molar-refractivity contribution is -0.385. The summed E-state index contributed by atoms with van der Waals surface area (Å²) in [6, 6.07) is 7.74. The number of carbonyl (C=O) groups excluding carboxylic acids is 1. The van der Waals surface area contributed by atoms with Crippen LogP contribution in [0.5, 0.6) is 11.5 Å². The van der Waals surface area contributed by atoms with Crippen molar-refractivity contribution in [1.29, 1.82) is 5.26 Å². The van der Waals surface area contributed by atoms with Crippen molar-refractivity contribution in [3.05, 3.63) is 63.2 Å². The van der Waals surface area contributed by atoms with E-state index >= 15 is 0 Å². The molecule has 1 amide bonds. The fraction of sp³-hybridized carbons (Fsp3) is 0.111. The van der Waals surface area contributed by atoms with Crippen LogP contribution in [0.2, 0.25) is 0 Å². The first-order valence-corrected chi connectivity index (χ1v) is 7.87. The topological polar surface area (TPSA) is 114 Å². The van der Waals surface area contributed by atoms with Gasteiger partial charge in [0, 0.05) is 5.69 Å². The molecule has 0 radical (unpaired) electrons. The Morgan fingerprint density at radius 2 is 1.93 bits per heavy atom. The first kappa shape index (κ1) is 19.7. The standard InChI is InChI=1S/C18H10F3N3O5/c19-18(20,21)12-2-1-3-13(6-12)23-17(25)11(8-22)4-10-5-15-16(29-9-28-15)7-14(10)24(26)27/h1-7H,9H2,(H,23,25)/b11-4+. The van der Waals surface area contributed by atoms with Gasteiger partial charge < -0.3 is 14.8 Å². The second kappa shape index (κ2) is 7.51. The van der Waals surface area contributed by atoms with Crippen LogP contribution >= 0.6 is 0 Å². The molecule has 0 unspecified atom stereocenters. The van der Waals surface area contributed by atoms with Crippen LogP contribution in [0.3, 0.4) is 0 Å². The first-order chi connectivity index (χ1) is 13.7. The normalized spacial score (nSPS) is 13.0. The van der Waals surface area contributed by atoms with Crippen molar-refractivity contribution in [2.75, 3.05) is 12.1 Å². The molecule has 0 saturated heterocycles. The molecule has 11 heteroatoms.